The molecule has 144 valence electrons. The molecule has 0 aliphatic rings. The molecule has 3 aromatic rings. The van der Waals surface area contributed by atoms with Crippen molar-refractivity contribution in [2.45, 2.75) is 6.92 Å². The van der Waals surface area contributed by atoms with Crippen LogP contribution in [0.25, 0.3) is 5.69 Å². The number of carbonyl (C=O) groups is 2. The molecule has 1 aromatic heterocycles. The third-order valence-electron chi connectivity index (χ3n) is 4.07. The molecule has 0 spiro atoms. The maximum absolute atomic E-state index is 12.9. The molecule has 0 bridgehead atoms. The molecule has 8 nitrogen and oxygen atoms in total. The molecule has 2 aromatic carbocycles. The predicted molar refractivity (Wildman–Crippen MR) is 108 cm³/mol. The first-order chi connectivity index (χ1) is 13.4. The SMILES string of the molecule is Cc1ccc(NC(=O)CN(C)C)cc1NC(=O)c1ccccc1-n1cnnc1. The van der Waals surface area contributed by atoms with Crippen molar-refractivity contribution in [1.82, 2.24) is 19.7 Å². The second kappa shape index (κ2) is 8.45. The van der Waals surface area contributed by atoms with Gasteiger partial charge in [-0.1, -0.05) is 18.2 Å². The largest absolute Gasteiger partial charge is 0.325 e. The summed E-state index contributed by atoms with van der Waals surface area (Å²) in [6, 6.07) is 12.6. The molecule has 0 saturated heterocycles. The number of nitrogens with one attached hydrogen (secondary N) is 2. The minimum absolute atomic E-state index is 0.121. The van der Waals surface area contributed by atoms with Gasteiger partial charge in [0.25, 0.3) is 5.91 Å². The molecular weight excluding hydrogens is 356 g/mol. The van der Waals surface area contributed by atoms with Crippen LogP contribution in [0, 0.1) is 6.92 Å². The second-order valence-electron chi connectivity index (χ2n) is 6.66. The smallest absolute Gasteiger partial charge is 0.257 e. The van der Waals surface area contributed by atoms with Crippen LogP contribution in [-0.2, 0) is 4.79 Å². The van der Waals surface area contributed by atoms with Crippen molar-refractivity contribution in [1.29, 1.82) is 0 Å². The Kier molecular flexibility index (Phi) is 5.81. The van der Waals surface area contributed by atoms with Crippen LogP contribution < -0.4 is 10.6 Å². The molecule has 0 fully saturated rings. The van der Waals surface area contributed by atoms with E-state index >= 15 is 0 Å². The van der Waals surface area contributed by atoms with Crippen molar-refractivity contribution in [3.63, 3.8) is 0 Å². The Labute approximate surface area is 163 Å². The number of carbonyl (C=O) groups excluding carboxylic acids is 2. The summed E-state index contributed by atoms with van der Waals surface area (Å²) in [5.74, 6) is -0.381. The van der Waals surface area contributed by atoms with Gasteiger partial charge in [-0.05, 0) is 50.8 Å². The van der Waals surface area contributed by atoms with Crippen molar-refractivity contribution in [3.8, 4) is 5.69 Å². The number of hydrogen-bond acceptors (Lipinski definition) is 5. The fourth-order valence-electron chi connectivity index (χ4n) is 2.73. The number of nitrogens with zero attached hydrogens (tertiary/aromatic N) is 4. The van der Waals surface area contributed by atoms with Crippen molar-refractivity contribution in [2.75, 3.05) is 31.3 Å². The van der Waals surface area contributed by atoms with Gasteiger partial charge in [0.05, 0.1) is 17.8 Å². The summed E-state index contributed by atoms with van der Waals surface area (Å²) in [4.78, 5) is 26.7. The van der Waals surface area contributed by atoms with E-state index in [1.54, 1.807) is 27.7 Å². The van der Waals surface area contributed by atoms with Crippen LogP contribution in [0.2, 0.25) is 0 Å². The first-order valence-electron chi connectivity index (χ1n) is 8.74. The summed E-state index contributed by atoms with van der Waals surface area (Å²) in [5.41, 5.74) is 3.31. The lowest BCUT2D eigenvalue weighted by Gasteiger charge is -2.14. The van der Waals surface area contributed by atoms with Crippen molar-refractivity contribution in [3.05, 3.63) is 66.2 Å². The monoisotopic (exact) mass is 378 g/mol. The van der Waals surface area contributed by atoms with Crippen molar-refractivity contribution >= 4 is 23.2 Å². The zero-order valence-corrected chi connectivity index (χ0v) is 16.0. The maximum atomic E-state index is 12.9. The van der Waals surface area contributed by atoms with Crippen molar-refractivity contribution in [2.24, 2.45) is 0 Å². The summed E-state index contributed by atoms with van der Waals surface area (Å²) >= 11 is 0. The Morgan fingerprint density at radius 2 is 1.75 bits per heavy atom. The Balaban J connectivity index is 1.81. The van der Waals surface area contributed by atoms with Gasteiger partial charge in [-0.3, -0.25) is 14.2 Å². The fraction of sp³-hybridized carbons (Fsp3) is 0.200. The zero-order chi connectivity index (χ0) is 20.1. The van der Waals surface area contributed by atoms with Crippen LogP contribution in [0.4, 0.5) is 11.4 Å². The number of amides is 2. The average Bonchev–Trinajstić information content (AvgIpc) is 3.18. The number of likely N-dealkylation sites (N-methyl/N-ethyl adjacent to an activating group) is 1. The highest BCUT2D eigenvalue weighted by molar-refractivity contribution is 6.07. The van der Waals surface area contributed by atoms with Crippen LogP contribution in [0.3, 0.4) is 0 Å². The van der Waals surface area contributed by atoms with Crippen LogP contribution in [0.1, 0.15) is 15.9 Å². The van der Waals surface area contributed by atoms with E-state index in [1.165, 1.54) is 12.7 Å². The molecule has 0 aliphatic heterocycles. The van der Waals surface area contributed by atoms with E-state index in [-0.39, 0.29) is 18.4 Å². The van der Waals surface area contributed by atoms with E-state index in [2.05, 4.69) is 20.8 Å². The number of anilines is 2. The van der Waals surface area contributed by atoms with Gasteiger partial charge < -0.3 is 15.5 Å². The lowest BCUT2D eigenvalue weighted by molar-refractivity contribution is -0.116. The quantitative estimate of drug-likeness (QED) is 0.687. The molecule has 2 N–H and O–H groups in total. The molecular formula is C20H22N6O2. The van der Waals surface area contributed by atoms with Gasteiger partial charge in [-0.2, -0.15) is 0 Å². The summed E-state index contributed by atoms with van der Waals surface area (Å²) in [5, 5.41) is 13.4. The summed E-state index contributed by atoms with van der Waals surface area (Å²) < 4.78 is 1.68. The molecule has 3 rings (SSSR count). The van der Waals surface area contributed by atoms with E-state index in [4.69, 9.17) is 0 Å². The van der Waals surface area contributed by atoms with Gasteiger partial charge in [0, 0.05) is 11.4 Å². The standard InChI is InChI=1S/C20H22N6O2/c1-14-8-9-15(23-19(27)11-25(2)3)10-17(14)24-20(28)16-6-4-5-7-18(16)26-12-21-22-13-26/h4-10,12-13H,11H2,1-3H3,(H,23,27)(H,24,28). The van der Waals surface area contributed by atoms with Crippen LogP contribution in [-0.4, -0.2) is 52.1 Å². The molecule has 0 radical (unpaired) electrons. The van der Waals surface area contributed by atoms with Gasteiger partial charge >= 0.3 is 0 Å². The molecule has 0 unspecified atom stereocenters. The highest BCUT2D eigenvalue weighted by atomic mass is 16.2. The molecule has 1 heterocycles. The summed E-state index contributed by atoms with van der Waals surface area (Å²) in [6.45, 7) is 2.18. The molecule has 2 amide bonds. The third kappa shape index (κ3) is 4.60. The van der Waals surface area contributed by atoms with E-state index in [9.17, 15) is 9.59 Å². The number of benzene rings is 2. The Bertz CT molecular complexity index is 982. The van der Waals surface area contributed by atoms with E-state index in [1.807, 2.05) is 45.3 Å². The number of hydrogen-bond donors (Lipinski definition) is 2. The van der Waals surface area contributed by atoms with E-state index in [0.717, 1.165) is 5.56 Å². The van der Waals surface area contributed by atoms with Crippen LogP contribution in [0.15, 0.2) is 55.1 Å². The molecule has 8 heteroatoms. The number of aryl methyl sites for hydroxylation is 1. The maximum Gasteiger partial charge on any atom is 0.257 e. The molecule has 0 saturated carbocycles. The average molecular weight is 378 g/mol. The molecule has 0 aliphatic carbocycles. The van der Waals surface area contributed by atoms with Crippen molar-refractivity contribution < 1.29 is 9.59 Å². The highest BCUT2D eigenvalue weighted by Crippen LogP contribution is 2.22. The number of rotatable bonds is 6. The lowest BCUT2D eigenvalue weighted by atomic mass is 10.1. The molecule has 0 atom stereocenters. The first kappa shape index (κ1) is 19.2. The van der Waals surface area contributed by atoms with Gasteiger partial charge in [0.15, 0.2) is 0 Å². The first-order valence-corrected chi connectivity index (χ1v) is 8.74. The topological polar surface area (TPSA) is 92.2 Å². The Hall–Kier alpha value is -3.52. The number of para-hydroxylation sites is 1. The van der Waals surface area contributed by atoms with Gasteiger partial charge in [-0.25, -0.2) is 0 Å². The minimum Gasteiger partial charge on any atom is -0.325 e. The zero-order valence-electron chi connectivity index (χ0n) is 16.0. The number of aromatic nitrogens is 3. The Morgan fingerprint density at radius 1 is 1.04 bits per heavy atom. The second-order valence-corrected chi connectivity index (χ2v) is 6.66. The van der Waals surface area contributed by atoms with Gasteiger partial charge in [-0.15, -0.1) is 10.2 Å². The summed E-state index contributed by atoms with van der Waals surface area (Å²) in [7, 11) is 3.65. The van der Waals surface area contributed by atoms with E-state index in [0.29, 0.717) is 22.6 Å². The lowest BCUT2D eigenvalue weighted by Crippen LogP contribution is -2.27. The van der Waals surface area contributed by atoms with Crippen LogP contribution >= 0.6 is 0 Å². The normalized spacial score (nSPS) is 10.7. The van der Waals surface area contributed by atoms with E-state index < -0.39 is 0 Å². The fourth-order valence-corrected chi connectivity index (χ4v) is 2.73. The minimum atomic E-state index is -0.260. The third-order valence-corrected chi connectivity index (χ3v) is 4.07. The van der Waals surface area contributed by atoms with Gasteiger partial charge in [0.1, 0.15) is 12.7 Å². The Morgan fingerprint density at radius 3 is 2.46 bits per heavy atom. The van der Waals surface area contributed by atoms with Gasteiger partial charge in [0.2, 0.25) is 5.91 Å². The molecule has 28 heavy (non-hydrogen) atoms. The summed E-state index contributed by atoms with van der Waals surface area (Å²) in [6.07, 6.45) is 3.08. The van der Waals surface area contributed by atoms with Crippen LogP contribution in [0.5, 0.6) is 0 Å². The predicted octanol–water partition coefficient (Wildman–Crippen LogP) is 2.33. The highest BCUT2D eigenvalue weighted by Gasteiger charge is 2.14.